The van der Waals surface area contributed by atoms with Gasteiger partial charge in [-0.25, -0.2) is 8.78 Å². The molecule has 3 rings (SSSR count). The lowest BCUT2D eigenvalue weighted by Gasteiger charge is -2.04. The van der Waals surface area contributed by atoms with Crippen LogP contribution in [0.5, 0.6) is 0 Å². The molecular weight excluding hydrogens is 360 g/mol. The quantitative estimate of drug-likeness (QED) is 0.699. The zero-order valence-electron chi connectivity index (χ0n) is 13.8. The fourth-order valence-electron chi connectivity index (χ4n) is 2.19. The SMILES string of the molecule is Cc1ccc(-c2noc(CSCC(=O)Nc3cc(F)cc(F)c3)n2)cc1. The molecule has 1 N–H and O–H groups in total. The number of carbonyl (C=O) groups is 1. The molecule has 0 unspecified atom stereocenters. The van der Waals surface area contributed by atoms with Crippen LogP contribution in [0.15, 0.2) is 47.0 Å². The Bertz CT molecular complexity index is 893. The lowest BCUT2D eigenvalue weighted by Crippen LogP contribution is -2.14. The van der Waals surface area contributed by atoms with Gasteiger partial charge in [-0.05, 0) is 19.1 Å². The summed E-state index contributed by atoms with van der Waals surface area (Å²) >= 11 is 1.26. The Kier molecular flexibility index (Phi) is 5.62. The number of rotatable bonds is 6. The number of nitrogens with zero attached hydrogens (tertiary/aromatic N) is 2. The number of anilines is 1. The van der Waals surface area contributed by atoms with E-state index in [0.29, 0.717) is 17.5 Å². The summed E-state index contributed by atoms with van der Waals surface area (Å²) in [6, 6.07) is 10.6. The van der Waals surface area contributed by atoms with Crippen LogP contribution in [0, 0.1) is 18.6 Å². The Balaban J connectivity index is 1.50. The first-order valence-corrected chi connectivity index (χ1v) is 8.88. The highest BCUT2D eigenvalue weighted by atomic mass is 32.2. The van der Waals surface area contributed by atoms with Gasteiger partial charge in [-0.1, -0.05) is 35.0 Å². The van der Waals surface area contributed by atoms with Crippen molar-refractivity contribution in [1.82, 2.24) is 10.1 Å². The van der Waals surface area contributed by atoms with E-state index in [-0.39, 0.29) is 17.3 Å². The van der Waals surface area contributed by atoms with Crippen LogP contribution in [-0.2, 0) is 10.5 Å². The minimum atomic E-state index is -0.748. The van der Waals surface area contributed by atoms with Gasteiger partial charge in [-0.2, -0.15) is 4.98 Å². The molecule has 3 aromatic rings. The minimum Gasteiger partial charge on any atom is -0.338 e. The molecule has 134 valence electrons. The average Bonchev–Trinajstić information content (AvgIpc) is 3.03. The van der Waals surface area contributed by atoms with Gasteiger partial charge in [0.15, 0.2) is 0 Å². The molecular formula is C18H15F2N3O2S. The topological polar surface area (TPSA) is 68.0 Å². The molecule has 0 bridgehead atoms. The monoisotopic (exact) mass is 375 g/mol. The van der Waals surface area contributed by atoms with Crippen molar-refractivity contribution < 1.29 is 18.1 Å². The van der Waals surface area contributed by atoms with Gasteiger partial charge in [-0.3, -0.25) is 4.79 Å². The van der Waals surface area contributed by atoms with E-state index < -0.39 is 11.6 Å². The van der Waals surface area contributed by atoms with Gasteiger partial charge in [0, 0.05) is 17.3 Å². The van der Waals surface area contributed by atoms with Gasteiger partial charge >= 0.3 is 0 Å². The van der Waals surface area contributed by atoms with Gasteiger partial charge in [-0.15, -0.1) is 11.8 Å². The number of hydrogen-bond donors (Lipinski definition) is 1. The van der Waals surface area contributed by atoms with Crippen LogP contribution in [0.4, 0.5) is 14.5 Å². The molecule has 26 heavy (non-hydrogen) atoms. The highest BCUT2D eigenvalue weighted by Gasteiger charge is 2.10. The summed E-state index contributed by atoms with van der Waals surface area (Å²) in [5.41, 5.74) is 2.06. The van der Waals surface area contributed by atoms with Crippen LogP contribution in [0.3, 0.4) is 0 Å². The minimum absolute atomic E-state index is 0.0764. The van der Waals surface area contributed by atoms with Gasteiger partial charge in [0.1, 0.15) is 11.6 Å². The number of aromatic nitrogens is 2. The van der Waals surface area contributed by atoms with Crippen LogP contribution in [-0.4, -0.2) is 21.8 Å². The highest BCUT2D eigenvalue weighted by Crippen LogP contribution is 2.19. The van der Waals surface area contributed by atoms with Crippen molar-refractivity contribution in [2.24, 2.45) is 0 Å². The lowest BCUT2D eigenvalue weighted by molar-refractivity contribution is -0.113. The van der Waals surface area contributed by atoms with Crippen LogP contribution in [0.25, 0.3) is 11.4 Å². The van der Waals surface area contributed by atoms with E-state index in [1.54, 1.807) is 0 Å². The largest absolute Gasteiger partial charge is 0.338 e. The predicted octanol–water partition coefficient (Wildman–Crippen LogP) is 4.20. The first-order chi connectivity index (χ1) is 12.5. The second-order valence-corrected chi connectivity index (χ2v) is 6.56. The fourth-order valence-corrected chi connectivity index (χ4v) is 2.84. The predicted molar refractivity (Wildman–Crippen MR) is 95.6 cm³/mol. The Hall–Kier alpha value is -2.74. The van der Waals surface area contributed by atoms with Gasteiger partial charge in [0.05, 0.1) is 11.5 Å². The summed E-state index contributed by atoms with van der Waals surface area (Å²) in [7, 11) is 0. The molecule has 0 aliphatic rings. The number of aryl methyl sites for hydroxylation is 1. The molecule has 1 amide bonds. The standard InChI is InChI=1S/C18H15F2N3O2S/c1-11-2-4-12(5-3-11)18-22-17(25-23-18)10-26-9-16(24)21-15-7-13(19)6-14(20)8-15/h2-8H,9-10H2,1H3,(H,21,24). The van der Waals surface area contributed by atoms with Crippen molar-refractivity contribution in [2.75, 3.05) is 11.1 Å². The zero-order valence-corrected chi connectivity index (χ0v) is 14.6. The highest BCUT2D eigenvalue weighted by molar-refractivity contribution is 7.99. The third kappa shape index (κ3) is 4.89. The molecule has 0 fully saturated rings. The molecule has 1 aromatic heterocycles. The number of thioether (sulfide) groups is 1. The van der Waals surface area contributed by atoms with Crippen LogP contribution in [0.2, 0.25) is 0 Å². The summed E-state index contributed by atoms with van der Waals surface area (Å²) in [6.07, 6.45) is 0. The molecule has 0 atom stereocenters. The molecule has 0 aliphatic heterocycles. The third-order valence-corrected chi connectivity index (χ3v) is 4.30. The van der Waals surface area contributed by atoms with Crippen LogP contribution in [0.1, 0.15) is 11.5 Å². The van der Waals surface area contributed by atoms with E-state index in [1.165, 1.54) is 11.8 Å². The van der Waals surface area contributed by atoms with Crippen LogP contribution < -0.4 is 5.32 Å². The summed E-state index contributed by atoms with van der Waals surface area (Å²) < 4.78 is 31.4. The second kappa shape index (κ2) is 8.09. The van der Waals surface area contributed by atoms with E-state index in [2.05, 4.69) is 15.5 Å². The number of carbonyl (C=O) groups excluding carboxylic acids is 1. The van der Waals surface area contributed by atoms with E-state index in [9.17, 15) is 13.6 Å². The molecule has 2 aromatic carbocycles. The molecule has 1 heterocycles. The second-order valence-electron chi connectivity index (χ2n) is 5.58. The number of amides is 1. The van der Waals surface area contributed by atoms with E-state index in [0.717, 1.165) is 29.3 Å². The molecule has 0 saturated heterocycles. The average molecular weight is 375 g/mol. The Morgan fingerprint density at radius 1 is 1.15 bits per heavy atom. The maximum Gasteiger partial charge on any atom is 0.236 e. The molecule has 0 radical (unpaired) electrons. The van der Waals surface area contributed by atoms with Crippen molar-refractivity contribution in [2.45, 2.75) is 12.7 Å². The van der Waals surface area contributed by atoms with Crippen molar-refractivity contribution in [3.8, 4) is 11.4 Å². The Labute approximate surface area is 152 Å². The maximum absolute atomic E-state index is 13.1. The molecule has 0 aliphatic carbocycles. The molecule has 0 spiro atoms. The number of benzene rings is 2. The molecule has 0 saturated carbocycles. The van der Waals surface area contributed by atoms with Crippen molar-refractivity contribution >= 4 is 23.4 Å². The number of hydrogen-bond acceptors (Lipinski definition) is 5. The fraction of sp³-hybridized carbons (Fsp3) is 0.167. The zero-order chi connectivity index (χ0) is 18.5. The Morgan fingerprint density at radius 2 is 1.85 bits per heavy atom. The number of nitrogens with one attached hydrogen (secondary N) is 1. The normalized spacial score (nSPS) is 10.7. The van der Waals surface area contributed by atoms with Crippen LogP contribution >= 0.6 is 11.8 Å². The maximum atomic E-state index is 13.1. The summed E-state index contributed by atoms with van der Waals surface area (Å²) in [5, 5.41) is 6.36. The first kappa shape index (κ1) is 18.1. The molecule has 5 nitrogen and oxygen atoms in total. The lowest BCUT2D eigenvalue weighted by atomic mass is 10.1. The summed E-state index contributed by atoms with van der Waals surface area (Å²) in [6.45, 7) is 1.99. The smallest absolute Gasteiger partial charge is 0.236 e. The Morgan fingerprint density at radius 3 is 2.54 bits per heavy atom. The van der Waals surface area contributed by atoms with E-state index in [4.69, 9.17) is 4.52 Å². The van der Waals surface area contributed by atoms with Crippen molar-refractivity contribution in [3.05, 3.63) is 65.6 Å². The van der Waals surface area contributed by atoms with E-state index >= 15 is 0 Å². The van der Waals surface area contributed by atoms with Gasteiger partial charge in [0.2, 0.25) is 17.6 Å². The summed E-state index contributed by atoms with van der Waals surface area (Å²) in [5.74, 6) is -0.553. The first-order valence-electron chi connectivity index (χ1n) is 7.73. The van der Waals surface area contributed by atoms with E-state index in [1.807, 2.05) is 31.2 Å². The third-order valence-electron chi connectivity index (χ3n) is 3.38. The van der Waals surface area contributed by atoms with Gasteiger partial charge < -0.3 is 9.84 Å². The van der Waals surface area contributed by atoms with Crippen molar-refractivity contribution in [3.63, 3.8) is 0 Å². The number of halogens is 2. The molecule has 8 heteroatoms. The van der Waals surface area contributed by atoms with Gasteiger partial charge in [0.25, 0.3) is 0 Å². The summed E-state index contributed by atoms with van der Waals surface area (Å²) in [4.78, 5) is 16.1. The van der Waals surface area contributed by atoms with Crippen molar-refractivity contribution in [1.29, 1.82) is 0 Å².